The predicted octanol–water partition coefficient (Wildman–Crippen LogP) is 2.65. The molecule has 2 nitrogen and oxygen atoms in total. The Hall–Kier alpha value is -0.290. The summed E-state index contributed by atoms with van der Waals surface area (Å²) in [5.74, 6) is 0.601. The van der Waals surface area contributed by atoms with Gasteiger partial charge in [-0.2, -0.15) is 13.2 Å². The predicted molar refractivity (Wildman–Crippen MR) is 63.0 cm³/mol. The first kappa shape index (κ1) is 14.8. The van der Waals surface area contributed by atoms with Gasteiger partial charge in [-0.05, 0) is 57.8 Å². The Morgan fingerprint density at radius 2 is 1.88 bits per heavy atom. The lowest BCUT2D eigenvalue weighted by molar-refractivity contribution is -0.124. The summed E-state index contributed by atoms with van der Waals surface area (Å²) >= 11 is 0. The Morgan fingerprint density at radius 1 is 1.24 bits per heavy atom. The fraction of sp³-hybridized carbons (Fsp3) is 1.00. The largest absolute Gasteiger partial charge is 0.401 e. The molecule has 0 aromatic rings. The normalized spacial score (nSPS) is 19.8. The first-order valence-electron chi connectivity index (χ1n) is 6.51. The van der Waals surface area contributed by atoms with Gasteiger partial charge in [-0.3, -0.25) is 0 Å². The highest BCUT2D eigenvalue weighted by Crippen LogP contribution is 2.20. The monoisotopic (exact) mass is 252 g/mol. The summed E-state index contributed by atoms with van der Waals surface area (Å²) in [7, 11) is 0. The van der Waals surface area contributed by atoms with Gasteiger partial charge in [-0.1, -0.05) is 6.92 Å². The van der Waals surface area contributed by atoms with E-state index in [4.69, 9.17) is 0 Å². The molecular weight excluding hydrogens is 229 g/mol. The second kappa shape index (κ2) is 7.21. The number of piperidine rings is 1. The zero-order valence-corrected chi connectivity index (χ0v) is 10.5. The third-order valence-corrected chi connectivity index (χ3v) is 3.30. The van der Waals surface area contributed by atoms with E-state index >= 15 is 0 Å². The van der Waals surface area contributed by atoms with Crippen LogP contribution in [0, 0.1) is 5.92 Å². The standard InChI is InChI=1S/C12H23F3N2/c1-2-7-17-8-4-11(5-9-17)3-6-16-10-12(13,14)15/h11,16H,2-10H2,1H3. The van der Waals surface area contributed by atoms with Crippen molar-refractivity contribution in [3.8, 4) is 0 Å². The van der Waals surface area contributed by atoms with E-state index in [1.807, 2.05) is 0 Å². The first-order valence-corrected chi connectivity index (χ1v) is 6.51. The van der Waals surface area contributed by atoms with Gasteiger partial charge in [0.15, 0.2) is 0 Å². The summed E-state index contributed by atoms with van der Waals surface area (Å²) in [5.41, 5.74) is 0. The summed E-state index contributed by atoms with van der Waals surface area (Å²) < 4.78 is 35.7. The van der Waals surface area contributed by atoms with Crippen molar-refractivity contribution >= 4 is 0 Å². The number of alkyl halides is 3. The highest BCUT2D eigenvalue weighted by Gasteiger charge is 2.26. The zero-order valence-electron chi connectivity index (χ0n) is 10.5. The van der Waals surface area contributed by atoms with Crippen LogP contribution in [0.15, 0.2) is 0 Å². The summed E-state index contributed by atoms with van der Waals surface area (Å²) in [6.07, 6.45) is 0.236. The van der Waals surface area contributed by atoms with Gasteiger partial charge in [-0.25, -0.2) is 0 Å². The Labute approximate surface area is 102 Å². The minimum absolute atomic E-state index is 0.484. The molecule has 1 heterocycles. The topological polar surface area (TPSA) is 15.3 Å². The molecule has 0 unspecified atom stereocenters. The van der Waals surface area contributed by atoms with E-state index in [0.29, 0.717) is 12.5 Å². The number of halogens is 3. The smallest absolute Gasteiger partial charge is 0.309 e. The third kappa shape index (κ3) is 6.88. The molecule has 1 aliphatic heterocycles. The number of hydrogen-bond acceptors (Lipinski definition) is 2. The molecule has 0 radical (unpaired) electrons. The van der Waals surface area contributed by atoms with Crippen molar-refractivity contribution in [3.05, 3.63) is 0 Å². The molecular formula is C12H23F3N2. The van der Waals surface area contributed by atoms with E-state index in [1.165, 1.54) is 6.42 Å². The Morgan fingerprint density at radius 3 is 2.41 bits per heavy atom. The lowest BCUT2D eigenvalue weighted by Gasteiger charge is -2.31. The average molecular weight is 252 g/mol. The van der Waals surface area contributed by atoms with Gasteiger partial charge in [-0.15, -0.1) is 0 Å². The Balaban J connectivity index is 2.02. The molecule has 0 atom stereocenters. The van der Waals surface area contributed by atoms with Crippen LogP contribution in [0.25, 0.3) is 0 Å². The van der Waals surface area contributed by atoms with Gasteiger partial charge in [0.05, 0.1) is 6.54 Å². The molecule has 102 valence electrons. The van der Waals surface area contributed by atoms with Crippen LogP contribution < -0.4 is 5.32 Å². The number of nitrogens with one attached hydrogen (secondary N) is 1. The second-order valence-electron chi connectivity index (χ2n) is 4.87. The molecule has 0 bridgehead atoms. The Kier molecular flexibility index (Phi) is 6.27. The second-order valence-corrected chi connectivity index (χ2v) is 4.87. The van der Waals surface area contributed by atoms with Crippen LogP contribution in [-0.2, 0) is 0 Å². The molecule has 0 aliphatic carbocycles. The van der Waals surface area contributed by atoms with Crippen molar-refractivity contribution in [1.29, 1.82) is 0 Å². The molecule has 0 amide bonds. The quantitative estimate of drug-likeness (QED) is 0.731. The van der Waals surface area contributed by atoms with E-state index < -0.39 is 12.7 Å². The number of likely N-dealkylation sites (tertiary alicyclic amines) is 1. The Bertz CT molecular complexity index is 198. The fourth-order valence-electron chi connectivity index (χ4n) is 2.35. The molecule has 1 saturated heterocycles. The van der Waals surface area contributed by atoms with E-state index in [-0.39, 0.29) is 0 Å². The van der Waals surface area contributed by atoms with Crippen LogP contribution in [0.1, 0.15) is 32.6 Å². The maximum absolute atomic E-state index is 11.9. The average Bonchev–Trinajstić information content (AvgIpc) is 2.26. The molecule has 1 aliphatic rings. The fourth-order valence-corrected chi connectivity index (χ4v) is 2.35. The van der Waals surface area contributed by atoms with Gasteiger partial charge in [0.25, 0.3) is 0 Å². The minimum atomic E-state index is -4.08. The van der Waals surface area contributed by atoms with Crippen LogP contribution in [0.4, 0.5) is 13.2 Å². The maximum atomic E-state index is 11.9. The van der Waals surface area contributed by atoms with Gasteiger partial charge in [0.2, 0.25) is 0 Å². The molecule has 5 heteroatoms. The van der Waals surface area contributed by atoms with Crippen LogP contribution in [0.3, 0.4) is 0 Å². The molecule has 0 aromatic heterocycles. The molecule has 1 rings (SSSR count). The van der Waals surface area contributed by atoms with Crippen LogP contribution >= 0.6 is 0 Å². The molecule has 1 fully saturated rings. The third-order valence-electron chi connectivity index (χ3n) is 3.30. The molecule has 17 heavy (non-hydrogen) atoms. The van der Waals surface area contributed by atoms with Crippen molar-refractivity contribution in [2.24, 2.45) is 5.92 Å². The molecule has 0 aromatic carbocycles. The van der Waals surface area contributed by atoms with Crippen molar-refractivity contribution in [2.45, 2.75) is 38.8 Å². The van der Waals surface area contributed by atoms with E-state index in [2.05, 4.69) is 17.1 Å². The lowest BCUT2D eigenvalue weighted by Crippen LogP contribution is -2.36. The summed E-state index contributed by atoms with van der Waals surface area (Å²) in [4.78, 5) is 2.44. The van der Waals surface area contributed by atoms with Crippen LogP contribution in [0.5, 0.6) is 0 Å². The number of rotatable bonds is 6. The number of hydrogen-bond donors (Lipinski definition) is 1. The van der Waals surface area contributed by atoms with E-state index in [1.54, 1.807) is 0 Å². The van der Waals surface area contributed by atoms with Gasteiger partial charge in [0.1, 0.15) is 0 Å². The molecule has 0 saturated carbocycles. The van der Waals surface area contributed by atoms with Crippen molar-refractivity contribution in [1.82, 2.24) is 10.2 Å². The van der Waals surface area contributed by atoms with Crippen molar-refractivity contribution < 1.29 is 13.2 Å². The van der Waals surface area contributed by atoms with Crippen LogP contribution in [0.2, 0.25) is 0 Å². The van der Waals surface area contributed by atoms with Crippen LogP contribution in [-0.4, -0.2) is 43.8 Å². The maximum Gasteiger partial charge on any atom is 0.401 e. The summed E-state index contributed by atoms with van der Waals surface area (Å²) in [5, 5.41) is 2.47. The first-order chi connectivity index (χ1) is 8.01. The SMILES string of the molecule is CCCN1CCC(CCNCC(F)(F)F)CC1. The van der Waals surface area contributed by atoms with E-state index in [9.17, 15) is 13.2 Å². The van der Waals surface area contributed by atoms with Gasteiger partial charge < -0.3 is 10.2 Å². The van der Waals surface area contributed by atoms with Gasteiger partial charge in [0, 0.05) is 0 Å². The van der Waals surface area contributed by atoms with Gasteiger partial charge >= 0.3 is 6.18 Å². The highest BCUT2D eigenvalue weighted by molar-refractivity contribution is 4.72. The lowest BCUT2D eigenvalue weighted by atomic mass is 9.93. The zero-order chi connectivity index (χ0) is 12.7. The summed E-state index contributed by atoms with van der Waals surface area (Å²) in [6, 6.07) is 0. The summed E-state index contributed by atoms with van der Waals surface area (Å²) in [6.45, 7) is 5.17. The number of nitrogens with zero attached hydrogens (tertiary/aromatic N) is 1. The van der Waals surface area contributed by atoms with Crippen molar-refractivity contribution in [2.75, 3.05) is 32.7 Å². The minimum Gasteiger partial charge on any atom is -0.309 e. The molecule has 1 N–H and O–H groups in total. The molecule has 0 spiro atoms. The van der Waals surface area contributed by atoms with E-state index in [0.717, 1.165) is 38.9 Å². The highest BCUT2D eigenvalue weighted by atomic mass is 19.4. The van der Waals surface area contributed by atoms with Crippen molar-refractivity contribution in [3.63, 3.8) is 0 Å².